The summed E-state index contributed by atoms with van der Waals surface area (Å²) in [6.07, 6.45) is 5.54. The van der Waals surface area contributed by atoms with E-state index >= 15 is 0 Å². The van der Waals surface area contributed by atoms with Crippen molar-refractivity contribution in [2.75, 3.05) is 0 Å². The second-order valence-electron chi connectivity index (χ2n) is 2.89. The average molecular weight is 278 g/mol. The fourth-order valence-corrected chi connectivity index (χ4v) is 0.500. The lowest BCUT2D eigenvalue weighted by atomic mass is 10.2. The monoisotopic (exact) mass is 278 g/mol. The third-order valence-electron chi connectivity index (χ3n) is 0.957. The van der Waals surface area contributed by atoms with Gasteiger partial charge in [0.1, 0.15) is 0 Å². The van der Waals surface area contributed by atoms with E-state index in [1.54, 1.807) is 0 Å². The van der Waals surface area contributed by atoms with Crippen LogP contribution in [0.4, 0.5) is 0 Å². The minimum atomic E-state index is -3.67. The highest BCUT2D eigenvalue weighted by Crippen LogP contribution is 1.95. The molecule has 0 bridgehead atoms. The zero-order valence-electron chi connectivity index (χ0n) is 9.59. The van der Waals surface area contributed by atoms with Gasteiger partial charge in [0.25, 0.3) is 20.4 Å². The summed E-state index contributed by atoms with van der Waals surface area (Å²) in [5.41, 5.74) is 0. The molecule has 0 spiro atoms. The summed E-state index contributed by atoms with van der Waals surface area (Å²) in [6, 6.07) is 0. The van der Waals surface area contributed by atoms with Gasteiger partial charge in [0.05, 0.1) is 0 Å². The summed E-state index contributed by atoms with van der Waals surface area (Å²) in [5.74, 6) is 0. The van der Waals surface area contributed by atoms with Gasteiger partial charge < -0.3 is 0 Å². The van der Waals surface area contributed by atoms with E-state index < -0.39 is 20.4 Å². The van der Waals surface area contributed by atoms with Gasteiger partial charge >= 0.3 is 0 Å². The Hall–Kier alpha value is -0.260. The number of nitrogens with two attached hydrogens (primary N) is 4. The SMILES string of the molecule is CCCCCC.NS(N)(=O)=O.NS(N)(=O)=O. The number of hydrogen-bond acceptors (Lipinski definition) is 4. The molecule has 10 heteroatoms. The quantitative estimate of drug-likeness (QED) is 0.479. The van der Waals surface area contributed by atoms with E-state index in [9.17, 15) is 16.8 Å². The molecule has 0 saturated heterocycles. The Morgan fingerprint density at radius 1 is 0.688 bits per heavy atom. The van der Waals surface area contributed by atoms with E-state index in [0.29, 0.717) is 0 Å². The van der Waals surface area contributed by atoms with Crippen molar-refractivity contribution in [2.24, 2.45) is 20.6 Å². The van der Waals surface area contributed by atoms with Gasteiger partial charge in [-0.25, -0.2) is 20.6 Å². The van der Waals surface area contributed by atoms with Crippen LogP contribution >= 0.6 is 0 Å². The first-order valence-electron chi connectivity index (χ1n) is 4.52. The number of hydrogen-bond donors (Lipinski definition) is 4. The standard InChI is InChI=1S/C6H14.2H4N2O2S/c1-3-5-6-4-2;2*1-5(2,3)4/h3-6H2,1-2H3;2*(H4,1,2,3,4). The number of unbranched alkanes of at least 4 members (excludes halogenated alkanes) is 3. The van der Waals surface area contributed by atoms with Gasteiger partial charge in [0.15, 0.2) is 0 Å². The molecule has 0 radical (unpaired) electrons. The maximum absolute atomic E-state index is 9.19. The van der Waals surface area contributed by atoms with Crippen LogP contribution in [0.5, 0.6) is 0 Å². The molecular formula is C6H22N4O4S2. The van der Waals surface area contributed by atoms with E-state index in [1.165, 1.54) is 25.7 Å². The normalized spacial score (nSPS) is 10.6. The first kappa shape index (κ1) is 21.1. The molecule has 8 N–H and O–H groups in total. The van der Waals surface area contributed by atoms with Crippen LogP contribution in [0.1, 0.15) is 39.5 Å². The van der Waals surface area contributed by atoms with Crippen LogP contribution in [0.3, 0.4) is 0 Å². The molecule has 0 saturated carbocycles. The van der Waals surface area contributed by atoms with Gasteiger partial charge in [0, 0.05) is 0 Å². The van der Waals surface area contributed by atoms with Crippen LogP contribution in [-0.2, 0) is 20.4 Å². The lowest BCUT2D eigenvalue weighted by molar-refractivity contribution is 0.597. The number of rotatable bonds is 3. The van der Waals surface area contributed by atoms with Crippen molar-refractivity contribution in [3.63, 3.8) is 0 Å². The summed E-state index contributed by atoms with van der Waals surface area (Å²) in [5, 5.41) is 16.4. The predicted molar refractivity (Wildman–Crippen MR) is 64.4 cm³/mol. The van der Waals surface area contributed by atoms with Gasteiger partial charge in [-0.3, -0.25) is 0 Å². The van der Waals surface area contributed by atoms with E-state index in [2.05, 4.69) is 34.4 Å². The Labute approximate surface area is 97.7 Å². The molecule has 16 heavy (non-hydrogen) atoms. The molecule has 0 aliphatic heterocycles. The van der Waals surface area contributed by atoms with Gasteiger partial charge in [0.2, 0.25) is 0 Å². The Balaban J connectivity index is -0.000000160. The van der Waals surface area contributed by atoms with Crippen molar-refractivity contribution in [2.45, 2.75) is 39.5 Å². The highest BCUT2D eigenvalue weighted by atomic mass is 32.2. The van der Waals surface area contributed by atoms with Crippen molar-refractivity contribution in [1.82, 2.24) is 0 Å². The van der Waals surface area contributed by atoms with E-state index in [-0.39, 0.29) is 0 Å². The molecule has 102 valence electrons. The molecule has 0 amide bonds. The first-order valence-corrected chi connectivity index (χ1v) is 7.74. The van der Waals surface area contributed by atoms with Crippen molar-refractivity contribution in [1.29, 1.82) is 0 Å². The third kappa shape index (κ3) is 297. The topological polar surface area (TPSA) is 172 Å². The van der Waals surface area contributed by atoms with Crippen molar-refractivity contribution in [3.8, 4) is 0 Å². The van der Waals surface area contributed by atoms with Gasteiger partial charge in [-0.1, -0.05) is 39.5 Å². The van der Waals surface area contributed by atoms with Crippen LogP contribution in [0.15, 0.2) is 0 Å². The summed E-state index contributed by atoms with van der Waals surface area (Å²) in [7, 11) is -7.33. The molecule has 8 nitrogen and oxygen atoms in total. The molecule has 0 rings (SSSR count). The average Bonchev–Trinajstić information content (AvgIpc) is 1.94. The molecular weight excluding hydrogens is 256 g/mol. The Morgan fingerprint density at radius 2 is 0.812 bits per heavy atom. The minimum Gasteiger partial charge on any atom is -0.216 e. The first-order chi connectivity index (χ1) is 6.91. The lowest BCUT2D eigenvalue weighted by Gasteiger charge is -1.86. The molecule has 0 heterocycles. The van der Waals surface area contributed by atoms with Gasteiger partial charge in [-0.15, -0.1) is 0 Å². The van der Waals surface area contributed by atoms with Crippen molar-refractivity contribution < 1.29 is 16.8 Å². The Bertz CT molecular complexity index is 274. The molecule has 0 unspecified atom stereocenters. The Morgan fingerprint density at radius 3 is 0.875 bits per heavy atom. The van der Waals surface area contributed by atoms with E-state index in [4.69, 9.17) is 0 Å². The largest absolute Gasteiger partial charge is 0.271 e. The van der Waals surface area contributed by atoms with Crippen LogP contribution in [0, 0.1) is 0 Å². The summed E-state index contributed by atoms with van der Waals surface area (Å²) < 4.78 is 36.8. The molecule has 0 aromatic heterocycles. The lowest BCUT2D eigenvalue weighted by Crippen LogP contribution is -2.21. The molecule has 0 aliphatic carbocycles. The molecule has 0 aliphatic rings. The fraction of sp³-hybridized carbons (Fsp3) is 1.00. The van der Waals surface area contributed by atoms with Crippen molar-refractivity contribution >= 4 is 20.4 Å². The summed E-state index contributed by atoms with van der Waals surface area (Å²) in [4.78, 5) is 0. The van der Waals surface area contributed by atoms with Gasteiger partial charge in [-0.2, -0.15) is 16.8 Å². The maximum Gasteiger partial charge on any atom is 0.271 e. The van der Waals surface area contributed by atoms with E-state index in [0.717, 1.165) is 0 Å². The second-order valence-corrected chi connectivity index (χ2v) is 5.24. The second kappa shape index (κ2) is 11.2. The van der Waals surface area contributed by atoms with E-state index in [1.807, 2.05) is 0 Å². The highest BCUT2D eigenvalue weighted by molar-refractivity contribution is 7.87. The molecule has 0 aromatic rings. The van der Waals surface area contributed by atoms with Gasteiger partial charge in [-0.05, 0) is 0 Å². The maximum atomic E-state index is 9.19. The predicted octanol–water partition coefficient (Wildman–Crippen LogP) is -1.12. The highest BCUT2D eigenvalue weighted by Gasteiger charge is 1.79. The van der Waals surface area contributed by atoms with Crippen LogP contribution in [-0.4, -0.2) is 16.8 Å². The third-order valence-corrected chi connectivity index (χ3v) is 0.957. The fourth-order valence-electron chi connectivity index (χ4n) is 0.500. The van der Waals surface area contributed by atoms with Crippen LogP contribution < -0.4 is 20.6 Å². The minimum absolute atomic E-state index is 1.36. The summed E-state index contributed by atoms with van der Waals surface area (Å²) >= 11 is 0. The van der Waals surface area contributed by atoms with Crippen molar-refractivity contribution in [3.05, 3.63) is 0 Å². The molecule has 0 atom stereocenters. The van der Waals surface area contributed by atoms with Crippen LogP contribution in [0.2, 0.25) is 0 Å². The molecule has 0 fully saturated rings. The zero-order chi connectivity index (χ0) is 13.8. The van der Waals surface area contributed by atoms with Crippen LogP contribution in [0.25, 0.3) is 0 Å². The molecule has 0 aromatic carbocycles. The Kier molecular flexibility index (Phi) is 14.8. The zero-order valence-corrected chi connectivity index (χ0v) is 11.2. The smallest absolute Gasteiger partial charge is 0.216 e. The summed E-state index contributed by atoms with van der Waals surface area (Å²) in [6.45, 7) is 4.46.